The van der Waals surface area contributed by atoms with Gasteiger partial charge in [-0.25, -0.2) is 4.79 Å². The number of ether oxygens (including phenoxy) is 1. The van der Waals surface area contributed by atoms with E-state index >= 15 is 0 Å². The second kappa shape index (κ2) is 10.9. The van der Waals surface area contributed by atoms with E-state index in [1.165, 1.54) is 0 Å². The molecule has 3 amide bonds. The van der Waals surface area contributed by atoms with Gasteiger partial charge < -0.3 is 25.2 Å². The fraction of sp³-hybridized carbons (Fsp3) is 0.619. The SMILES string of the molecule is CCN(CC)CCC[C@@H](C)NC(=O)N[C@@H]1CC(=O)N(c2ccc(OC)cc2)C1. The van der Waals surface area contributed by atoms with Crippen molar-refractivity contribution in [2.75, 3.05) is 38.2 Å². The molecule has 1 aliphatic rings. The molecule has 2 N–H and O–H groups in total. The fourth-order valence-electron chi connectivity index (χ4n) is 3.50. The van der Waals surface area contributed by atoms with Gasteiger partial charge in [0.2, 0.25) is 5.91 Å². The predicted molar refractivity (Wildman–Crippen MR) is 112 cm³/mol. The lowest BCUT2D eigenvalue weighted by molar-refractivity contribution is -0.117. The van der Waals surface area contributed by atoms with E-state index in [0.717, 1.165) is 43.9 Å². The number of carbonyl (C=O) groups is 2. The van der Waals surface area contributed by atoms with Gasteiger partial charge in [-0.2, -0.15) is 0 Å². The number of hydrogen-bond donors (Lipinski definition) is 2. The van der Waals surface area contributed by atoms with Gasteiger partial charge in [-0.1, -0.05) is 13.8 Å². The van der Waals surface area contributed by atoms with Crippen molar-refractivity contribution in [1.82, 2.24) is 15.5 Å². The van der Waals surface area contributed by atoms with Gasteiger partial charge in [0.05, 0.1) is 13.2 Å². The maximum atomic E-state index is 12.3. The van der Waals surface area contributed by atoms with Crippen LogP contribution in [-0.4, -0.2) is 62.2 Å². The van der Waals surface area contributed by atoms with Gasteiger partial charge >= 0.3 is 6.03 Å². The van der Waals surface area contributed by atoms with Gasteiger partial charge in [0.15, 0.2) is 0 Å². The van der Waals surface area contributed by atoms with Gasteiger partial charge in [0.25, 0.3) is 0 Å². The van der Waals surface area contributed by atoms with Crippen LogP contribution in [0.2, 0.25) is 0 Å². The summed E-state index contributed by atoms with van der Waals surface area (Å²) in [5, 5.41) is 5.92. The molecule has 0 spiro atoms. The van der Waals surface area contributed by atoms with E-state index in [4.69, 9.17) is 4.74 Å². The van der Waals surface area contributed by atoms with E-state index in [1.54, 1.807) is 12.0 Å². The minimum absolute atomic E-state index is 0.0164. The number of amides is 3. The molecule has 0 bridgehead atoms. The van der Waals surface area contributed by atoms with Crippen molar-refractivity contribution in [2.45, 2.75) is 52.1 Å². The van der Waals surface area contributed by atoms with E-state index in [1.807, 2.05) is 31.2 Å². The van der Waals surface area contributed by atoms with Crippen LogP contribution in [0.25, 0.3) is 0 Å². The first kappa shape index (κ1) is 22.0. The second-order valence-electron chi connectivity index (χ2n) is 7.29. The van der Waals surface area contributed by atoms with Crippen molar-refractivity contribution < 1.29 is 14.3 Å². The highest BCUT2D eigenvalue weighted by atomic mass is 16.5. The minimum atomic E-state index is -0.204. The Morgan fingerprint density at radius 2 is 1.96 bits per heavy atom. The lowest BCUT2D eigenvalue weighted by Gasteiger charge is -2.21. The maximum Gasteiger partial charge on any atom is 0.315 e. The van der Waals surface area contributed by atoms with Gasteiger partial charge in [-0.3, -0.25) is 4.79 Å². The Morgan fingerprint density at radius 3 is 2.57 bits per heavy atom. The van der Waals surface area contributed by atoms with Crippen LogP contribution in [0.5, 0.6) is 5.75 Å². The molecule has 7 heteroatoms. The Morgan fingerprint density at radius 1 is 1.29 bits per heavy atom. The van der Waals surface area contributed by atoms with Crippen LogP contribution in [0.3, 0.4) is 0 Å². The summed E-state index contributed by atoms with van der Waals surface area (Å²) in [6.07, 6.45) is 2.30. The van der Waals surface area contributed by atoms with E-state index < -0.39 is 0 Å². The van der Waals surface area contributed by atoms with Crippen LogP contribution in [0.1, 0.15) is 40.0 Å². The number of nitrogens with zero attached hydrogens (tertiary/aromatic N) is 2. The summed E-state index contributed by atoms with van der Waals surface area (Å²) in [6.45, 7) is 9.99. The van der Waals surface area contributed by atoms with Crippen LogP contribution in [-0.2, 0) is 4.79 Å². The third kappa shape index (κ3) is 6.41. The molecular formula is C21H34N4O3. The molecule has 28 heavy (non-hydrogen) atoms. The molecular weight excluding hydrogens is 356 g/mol. The zero-order chi connectivity index (χ0) is 20.5. The largest absolute Gasteiger partial charge is 0.497 e. The fourth-order valence-corrected chi connectivity index (χ4v) is 3.50. The topological polar surface area (TPSA) is 73.9 Å². The molecule has 2 rings (SSSR count). The molecule has 0 aromatic heterocycles. The van der Waals surface area contributed by atoms with E-state index in [0.29, 0.717) is 13.0 Å². The van der Waals surface area contributed by atoms with Crippen LogP contribution in [0.4, 0.5) is 10.5 Å². The number of benzene rings is 1. The first-order valence-corrected chi connectivity index (χ1v) is 10.2. The lowest BCUT2D eigenvalue weighted by atomic mass is 10.2. The van der Waals surface area contributed by atoms with E-state index in [2.05, 4.69) is 29.4 Å². The molecule has 1 heterocycles. The molecule has 156 valence electrons. The van der Waals surface area contributed by atoms with Crippen molar-refractivity contribution in [1.29, 1.82) is 0 Å². The van der Waals surface area contributed by atoms with Crippen molar-refractivity contribution >= 4 is 17.6 Å². The average Bonchev–Trinajstić information content (AvgIpc) is 3.05. The Hall–Kier alpha value is -2.28. The molecule has 1 saturated heterocycles. The van der Waals surface area contributed by atoms with Crippen molar-refractivity contribution in [3.05, 3.63) is 24.3 Å². The van der Waals surface area contributed by atoms with Crippen LogP contribution in [0.15, 0.2) is 24.3 Å². The van der Waals surface area contributed by atoms with Crippen LogP contribution in [0, 0.1) is 0 Å². The molecule has 1 aromatic rings. The molecule has 0 radical (unpaired) electrons. The molecule has 1 aromatic carbocycles. The zero-order valence-corrected chi connectivity index (χ0v) is 17.5. The highest BCUT2D eigenvalue weighted by molar-refractivity contribution is 5.96. The summed E-state index contributed by atoms with van der Waals surface area (Å²) in [7, 11) is 1.61. The summed E-state index contributed by atoms with van der Waals surface area (Å²) in [6, 6.07) is 7.09. The number of urea groups is 1. The van der Waals surface area contributed by atoms with Crippen molar-refractivity contribution in [3.63, 3.8) is 0 Å². The number of nitrogens with one attached hydrogen (secondary N) is 2. The minimum Gasteiger partial charge on any atom is -0.497 e. The van der Waals surface area contributed by atoms with Crippen molar-refractivity contribution in [3.8, 4) is 5.75 Å². The Labute approximate surface area is 168 Å². The highest BCUT2D eigenvalue weighted by Gasteiger charge is 2.31. The maximum absolute atomic E-state index is 12.3. The quantitative estimate of drug-likeness (QED) is 0.644. The first-order chi connectivity index (χ1) is 13.5. The number of hydrogen-bond acceptors (Lipinski definition) is 4. The molecule has 2 atom stereocenters. The molecule has 0 unspecified atom stereocenters. The molecule has 7 nitrogen and oxygen atoms in total. The lowest BCUT2D eigenvalue weighted by Crippen LogP contribution is -2.46. The first-order valence-electron chi connectivity index (χ1n) is 10.2. The number of carbonyl (C=O) groups excluding carboxylic acids is 2. The molecule has 1 fully saturated rings. The third-order valence-electron chi connectivity index (χ3n) is 5.23. The Balaban J connectivity index is 1.75. The van der Waals surface area contributed by atoms with Crippen LogP contribution >= 0.6 is 0 Å². The standard InChI is InChI=1S/C21H34N4O3/c1-5-24(6-2)13-7-8-16(3)22-21(27)23-17-14-20(26)25(15-17)18-9-11-19(28-4)12-10-18/h9-12,16-17H,5-8,13-15H2,1-4H3,(H2,22,23,27)/t16-,17-/m1/s1. The summed E-state index contributed by atoms with van der Waals surface area (Å²) < 4.78 is 5.15. The number of methoxy groups -OCH3 is 1. The average molecular weight is 391 g/mol. The van der Waals surface area contributed by atoms with Crippen molar-refractivity contribution in [2.24, 2.45) is 0 Å². The molecule has 0 aliphatic carbocycles. The number of rotatable bonds is 10. The summed E-state index contributed by atoms with van der Waals surface area (Å²) in [5.74, 6) is 0.766. The van der Waals surface area contributed by atoms with Gasteiger partial charge in [-0.05, 0) is 63.7 Å². The van der Waals surface area contributed by atoms with E-state index in [-0.39, 0.29) is 24.0 Å². The summed E-state index contributed by atoms with van der Waals surface area (Å²) in [5.41, 5.74) is 0.820. The smallest absolute Gasteiger partial charge is 0.315 e. The van der Waals surface area contributed by atoms with Crippen LogP contribution < -0.4 is 20.3 Å². The molecule has 1 aliphatic heterocycles. The zero-order valence-electron chi connectivity index (χ0n) is 17.5. The highest BCUT2D eigenvalue weighted by Crippen LogP contribution is 2.24. The van der Waals surface area contributed by atoms with Gasteiger partial charge in [0, 0.05) is 24.7 Å². The van der Waals surface area contributed by atoms with Gasteiger partial charge in [0.1, 0.15) is 5.75 Å². The monoisotopic (exact) mass is 390 g/mol. The Kier molecular flexibility index (Phi) is 8.57. The summed E-state index contributed by atoms with van der Waals surface area (Å²) >= 11 is 0. The van der Waals surface area contributed by atoms with E-state index in [9.17, 15) is 9.59 Å². The van der Waals surface area contributed by atoms with Gasteiger partial charge in [-0.15, -0.1) is 0 Å². The predicted octanol–water partition coefficient (Wildman–Crippen LogP) is 2.61. The second-order valence-corrected chi connectivity index (χ2v) is 7.29. The number of anilines is 1. The normalized spacial score (nSPS) is 17.7. The third-order valence-corrected chi connectivity index (χ3v) is 5.23. The molecule has 0 saturated carbocycles. The Bertz CT molecular complexity index is 631. The summed E-state index contributed by atoms with van der Waals surface area (Å²) in [4.78, 5) is 28.7.